The second kappa shape index (κ2) is 11.0. The number of nitrogens with zero attached hydrogens (tertiary/aromatic N) is 6. The third kappa shape index (κ3) is 5.24. The summed E-state index contributed by atoms with van der Waals surface area (Å²) in [5.74, 6) is 1.19. The largest absolute Gasteiger partial charge is 0.481 e. The van der Waals surface area contributed by atoms with E-state index in [0.717, 1.165) is 81.1 Å². The summed E-state index contributed by atoms with van der Waals surface area (Å²) in [6.07, 6.45) is 2.58. The number of hydrogen-bond donors (Lipinski definition) is 0. The van der Waals surface area contributed by atoms with Crippen LogP contribution in [0.3, 0.4) is 0 Å². The fraction of sp³-hybridized carbons (Fsp3) is 0.464. The molecule has 0 N–H and O–H groups in total. The highest BCUT2D eigenvalue weighted by Gasteiger charge is 2.20. The van der Waals surface area contributed by atoms with Crippen molar-refractivity contribution >= 4 is 16.7 Å². The molecular weight excluding hydrogens is 471 g/mol. The number of pyridine rings is 1. The van der Waals surface area contributed by atoms with E-state index in [2.05, 4.69) is 16.7 Å². The molecule has 1 saturated heterocycles. The Morgan fingerprint density at radius 2 is 1.70 bits per heavy atom. The molecule has 1 aliphatic rings. The summed E-state index contributed by atoms with van der Waals surface area (Å²) >= 11 is 0. The van der Waals surface area contributed by atoms with Crippen molar-refractivity contribution in [2.45, 2.75) is 46.2 Å². The predicted octanol–water partition coefficient (Wildman–Crippen LogP) is 3.66. The molecule has 0 bridgehead atoms. The second-order valence-corrected chi connectivity index (χ2v) is 9.80. The van der Waals surface area contributed by atoms with E-state index in [1.165, 1.54) is 12.1 Å². The zero-order chi connectivity index (χ0) is 25.9. The van der Waals surface area contributed by atoms with Gasteiger partial charge in [0.05, 0.1) is 18.3 Å². The van der Waals surface area contributed by atoms with Crippen molar-refractivity contribution < 1.29 is 9.13 Å². The average Bonchev–Trinajstić information content (AvgIpc) is 3.24. The smallest absolute Gasteiger partial charge is 0.277 e. The van der Waals surface area contributed by atoms with Gasteiger partial charge in [-0.3, -0.25) is 14.1 Å². The Balaban J connectivity index is 1.30. The van der Waals surface area contributed by atoms with E-state index in [-0.39, 0.29) is 11.4 Å². The van der Waals surface area contributed by atoms with Crippen LogP contribution in [0.15, 0.2) is 41.2 Å². The topological polar surface area (TPSA) is 67.9 Å². The van der Waals surface area contributed by atoms with Crippen LogP contribution < -0.4 is 10.3 Å². The van der Waals surface area contributed by atoms with Gasteiger partial charge in [-0.25, -0.2) is 9.37 Å². The van der Waals surface area contributed by atoms with Gasteiger partial charge < -0.3 is 14.2 Å². The number of rotatable bonds is 9. The molecule has 1 aliphatic heterocycles. The first kappa shape index (κ1) is 25.4. The standard InChI is InChI=1S/C28H35FN6O2/c1-4-6-24-30-20(2)26-28(36)34(23-11-12-25(37-3)31-27(23)35(24)26)14-5-13-32-15-17-33(18-16-32)19-21-7-9-22(29)10-8-21/h7-12H,4-6,13-19H2,1-3H3. The van der Waals surface area contributed by atoms with E-state index in [0.29, 0.717) is 23.6 Å². The van der Waals surface area contributed by atoms with Crippen LogP contribution in [0.4, 0.5) is 4.39 Å². The number of hydrogen-bond acceptors (Lipinski definition) is 6. The van der Waals surface area contributed by atoms with Gasteiger partial charge in [-0.15, -0.1) is 0 Å². The van der Waals surface area contributed by atoms with E-state index in [9.17, 15) is 9.18 Å². The normalized spacial score (nSPS) is 15.1. The molecule has 0 unspecified atom stereocenters. The van der Waals surface area contributed by atoms with Gasteiger partial charge in [-0.1, -0.05) is 19.1 Å². The van der Waals surface area contributed by atoms with E-state index in [1.54, 1.807) is 7.11 Å². The number of halogens is 1. The lowest BCUT2D eigenvalue weighted by Gasteiger charge is -2.34. The van der Waals surface area contributed by atoms with Crippen molar-refractivity contribution in [2.75, 3.05) is 39.8 Å². The first-order valence-electron chi connectivity index (χ1n) is 13.1. The number of aromatic nitrogens is 4. The van der Waals surface area contributed by atoms with Crippen molar-refractivity contribution in [1.29, 1.82) is 0 Å². The maximum Gasteiger partial charge on any atom is 0.277 e. The predicted molar refractivity (Wildman–Crippen MR) is 143 cm³/mol. The number of imidazole rings is 1. The Morgan fingerprint density at radius 1 is 0.973 bits per heavy atom. The monoisotopic (exact) mass is 506 g/mol. The van der Waals surface area contributed by atoms with Crippen LogP contribution in [0.5, 0.6) is 5.88 Å². The van der Waals surface area contributed by atoms with Gasteiger partial charge in [0.1, 0.15) is 17.2 Å². The summed E-state index contributed by atoms with van der Waals surface area (Å²) in [6.45, 7) is 10.3. The fourth-order valence-corrected chi connectivity index (χ4v) is 5.30. The van der Waals surface area contributed by atoms with Crippen LogP contribution in [-0.4, -0.2) is 68.6 Å². The van der Waals surface area contributed by atoms with Gasteiger partial charge in [-0.2, -0.15) is 4.98 Å². The van der Waals surface area contributed by atoms with Crippen molar-refractivity contribution in [3.8, 4) is 5.88 Å². The van der Waals surface area contributed by atoms with Gasteiger partial charge in [0.15, 0.2) is 5.65 Å². The van der Waals surface area contributed by atoms with E-state index in [4.69, 9.17) is 14.7 Å². The molecule has 0 saturated carbocycles. The first-order valence-corrected chi connectivity index (χ1v) is 13.1. The molecule has 4 aromatic rings. The number of fused-ring (bicyclic) bond motifs is 3. The average molecular weight is 507 g/mol. The fourth-order valence-electron chi connectivity index (χ4n) is 5.30. The molecule has 4 heterocycles. The molecule has 0 aliphatic carbocycles. The molecule has 9 heteroatoms. The molecule has 8 nitrogen and oxygen atoms in total. The molecule has 0 atom stereocenters. The summed E-state index contributed by atoms with van der Waals surface area (Å²) in [5.41, 5.74) is 3.98. The Morgan fingerprint density at radius 3 is 2.41 bits per heavy atom. The number of methoxy groups -OCH3 is 1. The Bertz CT molecular complexity index is 1440. The molecule has 0 amide bonds. The van der Waals surface area contributed by atoms with Crippen molar-refractivity contribution in [1.82, 2.24) is 28.7 Å². The highest BCUT2D eigenvalue weighted by atomic mass is 19.1. The van der Waals surface area contributed by atoms with E-state index < -0.39 is 0 Å². The van der Waals surface area contributed by atoms with Crippen LogP contribution in [0, 0.1) is 12.7 Å². The Labute approximate surface area is 216 Å². The zero-order valence-corrected chi connectivity index (χ0v) is 21.9. The summed E-state index contributed by atoms with van der Waals surface area (Å²) < 4.78 is 22.4. The molecule has 3 aromatic heterocycles. The Hall–Kier alpha value is -3.30. The van der Waals surface area contributed by atoms with Crippen LogP contribution in [0.25, 0.3) is 16.7 Å². The third-order valence-electron chi connectivity index (χ3n) is 7.22. The minimum Gasteiger partial charge on any atom is -0.481 e. The van der Waals surface area contributed by atoms with Crippen molar-refractivity contribution in [2.24, 2.45) is 0 Å². The number of ether oxygens (including phenoxy) is 1. The summed E-state index contributed by atoms with van der Waals surface area (Å²) in [7, 11) is 1.60. The van der Waals surface area contributed by atoms with Crippen LogP contribution in [-0.2, 0) is 19.5 Å². The van der Waals surface area contributed by atoms with Gasteiger partial charge >= 0.3 is 0 Å². The van der Waals surface area contributed by atoms with E-state index in [1.807, 2.05) is 40.2 Å². The Kier molecular flexibility index (Phi) is 7.53. The highest BCUT2D eigenvalue weighted by molar-refractivity contribution is 5.77. The minimum atomic E-state index is -0.195. The summed E-state index contributed by atoms with van der Waals surface area (Å²) in [5, 5.41) is 0. The lowest BCUT2D eigenvalue weighted by atomic mass is 10.2. The maximum atomic E-state index is 13.7. The molecule has 196 valence electrons. The highest BCUT2D eigenvalue weighted by Crippen LogP contribution is 2.21. The lowest BCUT2D eigenvalue weighted by molar-refractivity contribution is 0.125. The molecule has 0 radical (unpaired) electrons. The summed E-state index contributed by atoms with van der Waals surface area (Å²) in [4.78, 5) is 28.0. The summed E-state index contributed by atoms with van der Waals surface area (Å²) in [6, 6.07) is 10.5. The number of benzene rings is 1. The third-order valence-corrected chi connectivity index (χ3v) is 7.22. The van der Waals surface area contributed by atoms with Gasteiger partial charge in [0, 0.05) is 51.8 Å². The van der Waals surface area contributed by atoms with Gasteiger partial charge in [0.25, 0.3) is 5.56 Å². The lowest BCUT2D eigenvalue weighted by Crippen LogP contribution is -2.46. The molecule has 0 spiro atoms. The maximum absolute atomic E-state index is 13.7. The van der Waals surface area contributed by atoms with Crippen LogP contribution in [0.2, 0.25) is 0 Å². The minimum absolute atomic E-state index is 0.0177. The number of piperazine rings is 1. The zero-order valence-electron chi connectivity index (χ0n) is 21.9. The van der Waals surface area contributed by atoms with Gasteiger partial charge in [-0.05, 0) is 50.1 Å². The van der Waals surface area contributed by atoms with Crippen molar-refractivity contribution in [3.63, 3.8) is 0 Å². The van der Waals surface area contributed by atoms with Crippen LogP contribution >= 0.6 is 0 Å². The molecule has 1 fully saturated rings. The molecular formula is C28H35FN6O2. The second-order valence-electron chi connectivity index (χ2n) is 9.80. The molecule has 5 rings (SSSR count). The first-order chi connectivity index (χ1) is 18.0. The quantitative estimate of drug-likeness (QED) is 0.345. The SMILES string of the molecule is CCCc1nc(C)c2c(=O)n(CCCN3CCN(Cc4ccc(F)cc4)CC3)c3ccc(OC)nc3n12. The number of aryl methyl sites for hydroxylation is 3. The van der Waals surface area contributed by atoms with Gasteiger partial charge in [0.2, 0.25) is 5.88 Å². The van der Waals surface area contributed by atoms with E-state index >= 15 is 0 Å². The molecule has 37 heavy (non-hydrogen) atoms. The van der Waals surface area contributed by atoms with Crippen molar-refractivity contribution in [3.05, 3.63) is 69.7 Å². The van der Waals surface area contributed by atoms with Crippen LogP contribution in [0.1, 0.15) is 36.8 Å². The molecule has 1 aromatic carbocycles.